The summed E-state index contributed by atoms with van der Waals surface area (Å²) < 4.78 is 13.6. The van der Waals surface area contributed by atoms with E-state index in [1.165, 1.54) is 6.07 Å². The molecule has 0 amide bonds. The third kappa shape index (κ3) is 2.52. The Bertz CT molecular complexity index is 778. The van der Waals surface area contributed by atoms with Crippen LogP contribution in [0.5, 0.6) is 0 Å². The largest absolute Gasteiger partial charge is 0.308 e. The fourth-order valence-electron chi connectivity index (χ4n) is 2.73. The molecule has 3 rings (SSSR count). The molecule has 1 heterocycles. The number of benzene rings is 2. The third-order valence-corrected chi connectivity index (χ3v) is 3.82. The van der Waals surface area contributed by atoms with Gasteiger partial charge in [0.1, 0.15) is 5.82 Å². The lowest BCUT2D eigenvalue weighted by Crippen LogP contribution is -2.20. The van der Waals surface area contributed by atoms with E-state index in [0.717, 1.165) is 27.6 Å². The predicted molar refractivity (Wildman–Crippen MR) is 83.8 cm³/mol. The molecule has 3 heteroatoms. The number of rotatable bonds is 3. The molecule has 2 aromatic carbocycles. The zero-order valence-electron chi connectivity index (χ0n) is 12.1. The molecule has 0 spiro atoms. The van der Waals surface area contributed by atoms with Crippen LogP contribution in [0.25, 0.3) is 10.8 Å². The summed E-state index contributed by atoms with van der Waals surface area (Å²) in [5.41, 5.74) is 2.89. The topological polar surface area (TPSA) is 24.9 Å². The molecule has 0 saturated heterocycles. The van der Waals surface area contributed by atoms with Gasteiger partial charge in [-0.25, -0.2) is 4.39 Å². The average Bonchev–Trinajstić information content (AvgIpc) is 2.51. The van der Waals surface area contributed by atoms with Crippen LogP contribution in [0.1, 0.15) is 22.9 Å². The lowest BCUT2D eigenvalue weighted by Gasteiger charge is -2.20. The molecule has 3 aromatic rings. The van der Waals surface area contributed by atoms with Crippen LogP contribution in [-0.2, 0) is 0 Å². The Hall–Kier alpha value is -2.26. The van der Waals surface area contributed by atoms with Crippen molar-refractivity contribution in [2.75, 3.05) is 7.05 Å². The smallest absolute Gasteiger partial charge is 0.123 e. The number of aromatic nitrogens is 1. The average molecular weight is 280 g/mol. The second kappa shape index (κ2) is 5.62. The number of hydrogen-bond acceptors (Lipinski definition) is 2. The third-order valence-electron chi connectivity index (χ3n) is 3.82. The molecule has 1 N–H and O–H groups in total. The Balaban J connectivity index is 2.21. The molecular formula is C18H17FN2. The van der Waals surface area contributed by atoms with E-state index in [2.05, 4.69) is 22.4 Å². The summed E-state index contributed by atoms with van der Waals surface area (Å²) in [7, 11) is 1.87. The van der Waals surface area contributed by atoms with E-state index in [4.69, 9.17) is 0 Å². The summed E-state index contributed by atoms with van der Waals surface area (Å²) in [4.78, 5) is 4.54. The van der Waals surface area contributed by atoms with Gasteiger partial charge in [-0.1, -0.05) is 30.3 Å². The van der Waals surface area contributed by atoms with E-state index in [0.29, 0.717) is 0 Å². The summed E-state index contributed by atoms with van der Waals surface area (Å²) >= 11 is 0. The van der Waals surface area contributed by atoms with Crippen molar-refractivity contribution in [1.82, 2.24) is 10.3 Å². The van der Waals surface area contributed by atoms with Gasteiger partial charge in [-0.2, -0.15) is 0 Å². The van der Waals surface area contributed by atoms with Gasteiger partial charge in [-0.3, -0.25) is 4.98 Å². The monoisotopic (exact) mass is 280 g/mol. The maximum Gasteiger partial charge on any atom is 0.123 e. The van der Waals surface area contributed by atoms with E-state index in [1.54, 1.807) is 18.3 Å². The first-order valence-electron chi connectivity index (χ1n) is 6.97. The summed E-state index contributed by atoms with van der Waals surface area (Å²) in [6.45, 7) is 1.99. The van der Waals surface area contributed by atoms with Crippen LogP contribution in [0.4, 0.5) is 4.39 Å². The minimum atomic E-state index is -0.226. The van der Waals surface area contributed by atoms with Crippen molar-refractivity contribution >= 4 is 10.8 Å². The highest BCUT2D eigenvalue weighted by atomic mass is 19.1. The molecule has 0 aliphatic rings. The van der Waals surface area contributed by atoms with Gasteiger partial charge in [0.05, 0.1) is 11.7 Å². The van der Waals surface area contributed by atoms with Gasteiger partial charge in [0.15, 0.2) is 0 Å². The summed E-state index contributed by atoms with van der Waals surface area (Å²) in [5, 5.41) is 5.49. The first-order chi connectivity index (χ1) is 10.2. The van der Waals surface area contributed by atoms with E-state index < -0.39 is 0 Å². The highest BCUT2D eigenvalue weighted by Crippen LogP contribution is 2.29. The van der Waals surface area contributed by atoms with Crippen LogP contribution in [0, 0.1) is 12.7 Å². The molecule has 0 saturated carbocycles. The lowest BCUT2D eigenvalue weighted by atomic mass is 9.95. The van der Waals surface area contributed by atoms with Crippen LogP contribution in [0.2, 0.25) is 0 Å². The standard InChI is InChI=1S/C18H17FN2/c1-12-7-8-14(19)11-16(12)17(20-2)18-15-6-4-3-5-13(15)9-10-21-18/h3-11,17,20H,1-2H3. The highest BCUT2D eigenvalue weighted by molar-refractivity contribution is 5.85. The van der Waals surface area contributed by atoms with Gasteiger partial charge in [0.25, 0.3) is 0 Å². The van der Waals surface area contributed by atoms with Crippen molar-refractivity contribution in [3.05, 3.63) is 77.4 Å². The van der Waals surface area contributed by atoms with Crippen molar-refractivity contribution in [2.24, 2.45) is 0 Å². The number of aryl methyl sites for hydroxylation is 1. The second-order valence-corrected chi connectivity index (χ2v) is 5.14. The molecule has 0 bridgehead atoms. The molecule has 1 unspecified atom stereocenters. The predicted octanol–water partition coefficient (Wildman–Crippen LogP) is 3.99. The second-order valence-electron chi connectivity index (χ2n) is 5.14. The number of hydrogen-bond donors (Lipinski definition) is 1. The Morgan fingerprint density at radius 2 is 1.90 bits per heavy atom. The quantitative estimate of drug-likeness (QED) is 0.784. The molecule has 21 heavy (non-hydrogen) atoms. The molecule has 1 aromatic heterocycles. The minimum Gasteiger partial charge on any atom is -0.308 e. The lowest BCUT2D eigenvalue weighted by molar-refractivity contribution is 0.613. The molecule has 0 radical (unpaired) electrons. The molecule has 2 nitrogen and oxygen atoms in total. The first-order valence-corrected chi connectivity index (χ1v) is 6.97. The number of pyridine rings is 1. The Kier molecular flexibility index (Phi) is 3.67. The molecule has 106 valence electrons. The van der Waals surface area contributed by atoms with Gasteiger partial charge < -0.3 is 5.32 Å². The maximum atomic E-state index is 13.6. The van der Waals surface area contributed by atoms with Crippen LogP contribution in [0.3, 0.4) is 0 Å². The zero-order valence-corrected chi connectivity index (χ0v) is 12.1. The van der Waals surface area contributed by atoms with E-state index in [9.17, 15) is 4.39 Å². The molecule has 1 atom stereocenters. The van der Waals surface area contributed by atoms with E-state index >= 15 is 0 Å². The fourth-order valence-corrected chi connectivity index (χ4v) is 2.73. The zero-order chi connectivity index (χ0) is 14.8. The summed E-state index contributed by atoms with van der Waals surface area (Å²) in [6.07, 6.45) is 1.80. The van der Waals surface area contributed by atoms with Gasteiger partial charge in [0, 0.05) is 11.6 Å². The molecular weight excluding hydrogens is 263 g/mol. The normalized spacial score (nSPS) is 12.5. The highest BCUT2D eigenvalue weighted by Gasteiger charge is 2.18. The molecule has 0 fully saturated rings. The van der Waals surface area contributed by atoms with Gasteiger partial charge >= 0.3 is 0 Å². The van der Waals surface area contributed by atoms with Crippen molar-refractivity contribution in [3.63, 3.8) is 0 Å². The minimum absolute atomic E-state index is 0.133. The van der Waals surface area contributed by atoms with Crippen LogP contribution < -0.4 is 5.32 Å². The summed E-state index contributed by atoms with van der Waals surface area (Å²) in [5.74, 6) is -0.226. The van der Waals surface area contributed by atoms with Crippen molar-refractivity contribution in [2.45, 2.75) is 13.0 Å². The van der Waals surface area contributed by atoms with Gasteiger partial charge in [-0.05, 0) is 48.7 Å². The Labute approximate surface area is 123 Å². The van der Waals surface area contributed by atoms with Gasteiger partial charge in [0.2, 0.25) is 0 Å². The van der Waals surface area contributed by atoms with Crippen LogP contribution >= 0.6 is 0 Å². The van der Waals surface area contributed by atoms with Crippen molar-refractivity contribution in [3.8, 4) is 0 Å². The number of nitrogens with one attached hydrogen (secondary N) is 1. The van der Waals surface area contributed by atoms with Crippen LogP contribution in [-0.4, -0.2) is 12.0 Å². The fraction of sp³-hybridized carbons (Fsp3) is 0.167. The number of halogens is 1. The van der Waals surface area contributed by atoms with Gasteiger partial charge in [-0.15, -0.1) is 0 Å². The molecule has 0 aliphatic carbocycles. The maximum absolute atomic E-state index is 13.6. The van der Waals surface area contributed by atoms with Crippen molar-refractivity contribution < 1.29 is 4.39 Å². The molecule has 0 aliphatic heterocycles. The van der Waals surface area contributed by atoms with E-state index in [-0.39, 0.29) is 11.9 Å². The Morgan fingerprint density at radius 3 is 2.71 bits per heavy atom. The number of fused-ring (bicyclic) bond motifs is 1. The Morgan fingerprint density at radius 1 is 1.10 bits per heavy atom. The van der Waals surface area contributed by atoms with Crippen molar-refractivity contribution in [1.29, 1.82) is 0 Å². The number of nitrogens with zero attached hydrogens (tertiary/aromatic N) is 1. The SMILES string of the molecule is CNC(c1cc(F)ccc1C)c1nccc2ccccc12. The first kappa shape index (κ1) is 13.7. The van der Waals surface area contributed by atoms with E-state index in [1.807, 2.05) is 32.2 Å². The summed E-state index contributed by atoms with van der Waals surface area (Å²) in [6, 6.07) is 14.9. The van der Waals surface area contributed by atoms with Crippen LogP contribution in [0.15, 0.2) is 54.7 Å².